The van der Waals surface area contributed by atoms with E-state index >= 15 is 0 Å². The van der Waals surface area contributed by atoms with Crippen LogP contribution in [0.25, 0.3) is 0 Å². The predicted octanol–water partition coefficient (Wildman–Crippen LogP) is 1.93. The maximum absolute atomic E-state index is 12.9. The van der Waals surface area contributed by atoms with Crippen molar-refractivity contribution in [3.8, 4) is 11.5 Å². The Morgan fingerprint density at radius 1 is 1.15 bits per heavy atom. The van der Waals surface area contributed by atoms with Crippen molar-refractivity contribution in [3.05, 3.63) is 59.4 Å². The maximum Gasteiger partial charge on any atom is 0.251 e. The molecule has 142 valence electrons. The molecule has 2 amide bonds. The van der Waals surface area contributed by atoms with Gasteiger partial charge in [0.25, 0.3) is 5.91 Å². The average molecular weight is 372 g/mol. The SMILES string of the molecule is COc1cccc2c1OC[C@@H](C(=O)NCCNC(=O)c1ccc(F)cc1)C2. The summed E-state index contributed by atoms with van der Waals surface area (Å²) in [4.78, 5) is 24.3. The number of ether oxygens (including phenoxy) is 2. The molecule has 27 heavy (non-hydrogen) atoms. The maximum atomic E-state index is 12.9. The van der Waals surface area contributed by atoms with E-state index in [1.54, 1.807) is 7.11 Å². The molecule has 0 fully saturated rings. The van der Waals surface area contributed by atoms with Crippen LogP contribution in [0.1, 0.15) is 15.9 Å². The molecule has 1 atom stereocenters. The summed E-state index contributed by atoms with van der Waals surface area (Å²) >= 11 is 0. The van der Waals surface area contributed by atoms with Crippen LogP contribution >= 0.6 is 0 Å². The first kappa shape index (κ1) is 18.7. The zero-order chi connectivity index (χ0) is 19.2. The molecular formula is C20H21FN2O4. The van der Waals surface area contributed by atoms with E-state index < -0.39 is 5.82 Å². The summed E-state index contributed by atoms with van der Waals surface area (Å²) in [6, 6.07) is 10.9. The number of fused-ring (bicyclic) bond motifs is 1. The van der Waals surface area contributed by atoms with Crippen LogP contribution < -0.4 is 20.1 Å². The molecule has 0 aliphatic carbocycles. The molecule has 0 unspecified atom stereocenters. The zero-order valence-corrected chi connectivity index (χ0v) is 15.0. The molecule has 0 spiro atoms. The Morgan fingerprint density at radius 2 is 1.89 bits per heavy atom. The van der Waals surface area contributed by atoms with Crippen LogP contribution in [0.15, 0.2) is 42.5 Å². The molecule has 2 aromatic rings. The van der Waals surface area contributed by atoms with Gasteiger partial charge in [-0.2, -0.15) is 0 Å². The van der Waals surface area contributed by atoms with Crippen LogP contribution in [0.2, 0.25) is 0 Å². The highest BCUT2D eigenvalue weighted by atomic mass is 19.1. The van der Waals surface area contributed by atoms with Crippen molar-refractivity contribution >= 4 is 11.8 Å². The second kappa shape index (κ2) is 8.53. The van der Waals surface area contributed by atoms with Crippen LogP contribution in [0.5, 0.6) is 11.5 Å². The summed E-state index contributed by atoms with van der Waals surface area (Å²) < 4.78 is 23.8. The Labute approximate surface area is 156 Å². The molecule has 0 bridgehead atoms. The summed E-state index contributed by atoms with van der Waals surface area (Å²) in [7, 11) is 1.58. The van der Waals surface area contributed by atoms with Crippen LogP contribution in [0, 0.1) is 11.7 Å². The van der Waals surface area contributed by atoms with Gasteiger partial charge in [0, 0.05) is 18.7 Å². The van der Waals surface area contributed by atoms with Crippen LogP contribution in [-0.2, 0) is 11.2 Å². The first-order chi connectivity index (χ1) is 13.1. The van der Waals surface area contributed by atoms with Gasteiger partial charge in [-0.05, 0) is 42.3 Å². The van der Waals surface area contributed by atoms with E-state index in [-0.39, 0.29) is 30.9 Å². The number of para-hydroxylation sites is 1. The molecular weight excluding hydrogens is 351 g/mol. The molecule has 1 heterocycles. The minimum absolute atomic E-state index is 0.125. The van der Waals surface area contributed by atoms with Gasteiger partial charge in [0.15, 0.2) is 11.5 Å². The van der Waals surface area contributed by atoms with Gasteiger partial charge in [-0.25, -0.2) is 4.39 Å². The first-order valence-corrected chi connectivity index (χ1v) is 8.68. The molecule has 0 aromatic heterocycles. The molecule has 1 aliphatic rings. The van der Waals surface area contributed by atoms with Gasteiger partial charge in [0.05, 0.1) is 13.0 Å². The number of benzene rings is 2. The van der Waals surface area contributed by atoms with E-state index in [1.165, 1.54) is 24.3 Å². The van der Waals surface area contributed by atoms with Crippen molar-refractivity contribution in [2.75, 3.05) is 26.8 Å². The van der Waals surface area contributed by atoms with Crippen molar-refractivity contribution in [3.63, 3.8) is 0 Å². The molecule has 3 rings (SSSR count). The molecule has 6 nitrogen and oxygen atoms in total. The molecule has 0 saturated heterocycles. The number of carbonyl (C=O) groups is 2. The average Bonchev–Trinajstić information content (AvgIpc) is 2.70. The topological polar surface area (TPSA) is 76.7 Å². The fourth-order valence-electron chi connectivity index (χ4n) is 2.93. The zero-order valence-electron chi connectivity index (χ0n) is 15.0. The van der Waals surface area contributed by atoms with Crippen molar-refractivity contribution < 1.29 is 23.5 Å². The van der Waals surface area contributed by atoms with Crippen LogP contribution in [0.3, 0.4) is 0 Å². The number of rotatable bonds is 6. The van der Waals surface area contributed by atoms with E-state index in [9.17, 15) is 14.0 Å². The third kappa shape index (κ3) is 4.55. The lowest BCUT2D eigenvalue weighted by molar-refractivity contribution is -0.126. The minimum Gasteiger partial charge on any atom is -0.493 e. The van der Waals surface area contributed by atoms with Gasteiger partial charge in [-0.1, -0.05) is 12.1 Å². The second-order valence-corrected chi connectivity index (χ2v) is 6.21. The third-order valence-corrected chi connectivity index (χ3v) is 4.36. The highest BCUT2D eigenvalue weighted by molar-refractivity contribution is 5.94. The highest BCUT2D eigenvalue weighted by Gasteiger charge is 2.27. The van der Waals surface area contributed by atoms with E-state index in [2.05, 4.69) is 10.6 Å². The highest BCUT2D eigenvalue weighted by Crippen LogP contribution is 2.35. The van der Waals surface area contributed by atoms with Crippen LogP contribution in [-0.4, -0.2) is 38.6 Å². The summed E-state index contributed by atoms with van der Waals surface area (Å²) in [6.07, 6.45) is 0.570. The van der Waals surface area contributed by atoms with Gasteiger partial charge in [-0.15, -0.1) is 0 Å². The van der Waals surface area contributed by atoms with Gasteiger partial charge in [-0.3, -0.25) is 9.59 Å². The number of methoxy groups -OCH3 is 1. The monoisotopic (exact) mass is 372 g/mol. The standard InChI is InChI=1S/C20H21FN2O4/c1-26-17-4-2-3-14-11-15(12-27-18(14)17)20(25)23-10-9-22-19(24)13-5-7-16(21)8-6-13/h2-8,15H,9-12H2,1H3,(H,22,24)(H,23,25)/t15-/m0/s1. The Balaban J connectivity index is 1.44. The van der Waals surface area contributed by atoms with Crippen molar-refractivity contribution in [1.29, 1.82) is 0 Å². The lowest BCUT2D eigenvalue weighted by atomic mass is 9.95. The summed E-state index contributed by atoms with van der Waals surface area (Å²) in [6.45, 7) is 0.855. The lowest BCUT2D eigenvalue weighted by Crippen LogP contribution is -2.41. The quantitative estimate of drug-likeness (QED) is 0.760. The molecule has 7 heteroatoms. The number of hydrogen-bond donors (Lipinski definition) is 2. The number of halogens is 1. The molecule has 0 saturated carbocycles. The fourth-order valence-corrected chi connectivity index (χ4v) is 2.93. The molecule has 0 radical (unpaired) electrons. The van der Waals surface area contributed by atoms with E-state index in [0.717, 1.165) is 5.56 Å². The van der Waals surface area contributed by atoms with Gasteiger partial charge < -0.3 is 20.1 Å². The van der Waals surface area contributed by atoms with Gasteiger partial charge >= 0.3 is 0 Å². The summed E-state index contributed by atoms with van der Waals surface area (Å²) in [5.74, 6) is 0.223. The number of hydrogen-bond acceptors (Lipinski definition) is 4. The summed E-state index contributed by atoms with van der Waals surface area (Å²) in [5.41, 5.74) is 1.30. The Morgan fingerprint density at radius 3 is 2.63 bits per heavy atom. The predicted molar refractivity (Wildman–Crippen MR) is 97.4 cm³/mol. The van der Waals surface area contributed by atoms with Crippen molar-refractivity contribution in [2.24, 2.45) is 5.92 Å². The third-order valence-electron chi connectivity index (χ3n) is 4.36. The Bertz CT molecular complexity index is 823. The number of amides is 2. The Kier molecular flexibility index (Phi) is 5.90. The van der Waals surface area contributed by atoms with Crippen molar-refractivity contribution in [1.82, 2.24) is 10.6 Å². The Hall–Kier alpha value is -3.09. The minimum atomic E-state index is -0.396. The smallest absolute Gasteiger partial charge is 0.251 e. The van der Waals surface area contributed by atoms with E-state index in [1.807, 2.05) is 18.2 Å². The van der Waals surface area contributed by atoms with Gasteiger partial charge in [0.1, 0.15) is 12.4 Å². The molecule has 1 aliphatic heterocycles. The second-order valence-electron chi connectivity index (χ2n) is 6.21. The molecule has 2 aromatic carbocycles. The number of carbonyl (C=O) groups excluding carboxylic acids is 2. The normalized spacial score (nSPS) is 15.3. The number of nitrogens with one attached hydrogen (secondary N) is 2. The fraction of sp³-hybridized carbons (Fsp3) is 0.300. The lowest BCUT2D eigenvalue weighted by Gasteiger charge is -2.25. The first-order valence-electron chi connectivity index (χ1n) is 8.68. The van der Waals surface area contributed by atoms with Gasteiger partial charge in [0.2, 0.25) is 5.91 Å². The molecule has 2 N–H and O–H groups in total. The van der Waals surface area contributed by atoms with Crippen molar-refractivity contribution in [2.45, 2.75) is 6.42 Å². The van der Waals surface area contributed by atoms with E-state index in [0.29, 0.717) is 30.0 Å². The largest absolute Gasteiger partial charge is 0.493 e. The van der Waals surface area contributed by atoms with Crippen LogP contribution in [0.4, 0.5) is 4.39 Å². The summed E-state index contributed by atoms with van der Waals surface area (Å²) in [5, 5.41) is 5.49. The van der Waals surface area contributed by atoms with E-state index in [4.69, 9.17) is 9.47 Å².